The molecular formula is C10H9NO3. The Labute approximate surface area is 81.0 Å². The van der Waals surface area contributed by atoms with Crippen molar-refractivity contribution in [2.45, 2.75) is 0 Å². The minimum atomic E-state index is -0.337. The van der Waals surface area contributed by atoms with Crippen molar-refractivity contribution in [1.29, 1.82) is 5.41 Å². The van der Waals surface area contributed by atoms with Gasteiger partial charge in [-0.2, -0.15) is 0 Å². The van der Waals surface area contributed by atoms with Crippen molar-refractivity contribution in [2.24, 2.45) is 0 Å². The lowest BCUT2D eigenvalue weighted by Gasteiger charge is -2.01. The van der Waals surface area contributed by atoms with E-state index in [1.807, 2.05) is 0 Å². The first-order valence-electron chi connectivity index (χ1n) is 3.85. The van der Waals surface area contributed by atoms with Crippen molar-refractivity contribution in [3.8, 4) is 23.3 Å². The molecule has 72 valence electrons. The van der Waals surface area contributed by atoms with Crippen molar-refractivity contribution in [3.05, 3.63) is 23.3 Å². The van der Waals surface area contributed by atoms with Gasteiger partial charge in [-0.05, 0) is 17.7 Å². The van der Waals surface area contributed by atoms with Gasteiger partial charge in [0.25, 0.3) is 0 Å². The highest BCUT2D eigenvalue weighted by atomic mass is 16.3. The molecule has 4 heteroatoms. The molecule has 4 N–H and O–H groups in total. The molecule has 0 aliphatic heterocycles. The monoisotopic (exact) mass is 191 g/mol. The smallest absolute Gasteiger partial charge is 0.173 e. The zero-order chi connectivity index (χ0) is 10.6. The Bertz CT molecular complexity index is 415. The van der Waals surface area contributed by atoms with E-state index in [1.54, 1.807) is 0 Å². The second-order valence-electron chi connectivity index (χ2n) is 2.54. The van der Waals surface area contributed by atoms with Gasteiger partial charge in [0.05, 0.1) is 5.56 Å². The van der Waals surface area contributed by atoms with Crippen LogP contribution in [0.5, 0.6) is 11.5 Å². The number of rotatable bonds is 1. The van der Waals surface area contributed by atoms with Crippen molar-refractivity contribution in [1.82, 2.24) is 0 Å². The summed E-state index contributed by atoms with van der Waals surface area (Å²) >= 11 is 0. The van der Waals surface area contributed by atoms with Gasteiger partial charge < -0.3 is 20.7 Å². The van der Waals surface area contributed by atoms with Crippen LogP contribution in [-0.4, -0.2) is 28.1 Å². The summed E-state index contributed by atoms with van der Waals surface area (Å²) in [6.45, 7) is -0.324. The lowest BCUT2D eigenvalue weighted by molar-refractivity contribution is 0.350. The number of aliphatic hydroxyl groups is 1. The lowest BCUT2D eigenvalue weighted by Crippen LogP contribution is -1.85. The van der Waals surface area contributed by atoms with Gasteiger partial charge in [0.15, 0.2) is 11.5 Å². The number of hydrogen-bond acceptors (Lipinski definition) is 4. The first-order valence-corrected chi connectivity index (χ1v) is 3.85. The van der Waals surface area contributed by atoms with E-state index in [2.05, 4.69) is 11.8 Å². The molecule has 1 rings (SSSR count). The molecule has 0 radical (unpaired) electrons. The predicted molar refractivity (Wildman–Crippen MR) is 51.6 cm³/mol. The van der Waals surface area contributed by atoms with Crippen LogP contribution >= 0.6 is 0 Å². The fourth-order valence-corrected chi connectivity index (χ4v) is 0.954. The minimum Gasteiger partial charge on any atom is -0.504 e. The molecule has 0 spiro atoms. The van der Waals surface area contributed by atoms with Crippen LogP contribution in [0.1, 0.15) is 11.1 Å². The van der Waals surface area contributed by atoms with Crippen molar-refractivity contribution >= 4 is 6.21 Å². The highest BCUT2D eigenvalue weighted by Gasteiger charge is 2.05. The maximum Gasteiger partial charge on any atom is 0.173 e. The molecule has 0 fully saturated rings. The fraction of sp³-hybridized carbons (Fsp3) is 0.100. The van der Waals surface area contributed by atoms with E-state index < -0.39 is 0 Å². The normalized spacial score (nSPS) is 8.93. The summed E-state index contributed by atoms with van der Waals surface area (Å²) in [6, 6.07) is 2.71. The molecule has 0 bridgehead atoms. The molecule has 1 aromatic rings. The molecule has 0 saturated heterocycles. The van der Waals surface area contributed by atoms with E-state index in [9.17, 15) is 10.2 Å². The Balaban J connectivity index is 3.26. The van der Waals surface area contributed by atoms with Gasteiger partial charge >= 0.3 is 0 Å². The van der Waals surface area contributed by atoms with Crippen LogP contribution in [0.25, 0.3) is 0 Å². The topological polar surface area (TPSA) is 84.5 Å². The standard InChI is InChI=1S/C10H9NO3/c11-6-7-4-8(2-1-3-12)10(14)9(13)5-7/h4-6,11-14H,3H2. The average molecular weight is 191 g/mol. The molecule has 4 nitrogen and oxygen atoms in total. The Hall–Kier alpha value is -1.99. The SMILES string of the molecule is N=Cc1cc(O)c(O)c(C#CCO)c1. The van der Waals surface area contributed by atoms with Crippen molar-refractivity contribution in [3.63, 3.8) is 0 Å². The molecule has 0 unspecified atom stereocenters. The first-order chi connectivity index (χ1) is 6.69. The summed E-state index contributed by atoms with van der Waals surface area (Å²) in [5.41, 5.74) is 0.625. The van der Waals surface area contributed by atoms with Gasteiger partial charge in [0.2, 0.25) is 0 Å². The quantitative estimate of drug-likeness (QED) is 0.295. The molecular weight excluding hydrogens is 182 g/mol. The second-order valence-corrected chi connectivity index (χ2v) is 2.54. The molecule has 0 atom stereocenters. The number of nitrogens with one attached hydrogen (secondary N) is 1. The van der Waals surface area contributed by atoms with E-state index in [4.69, 9.17) is 10.5 Å². The summed E-state index contributed by atoms with van der Waals surface area (Å²) in [7, 11) is 0. The number of phenolic OH excluding ortho intramolecular Hbond substituents is 2. The van der Waals surface area contributed by atoms with Crippen molar-refractivity contribution in [2.75, 3.05) is 6.61 Å². The number of phenols is 2. The zero-order valence-electron chi connectivity index (χ0n) is 7.28. The maximum absolute atomic E-state index is 9.33. The summed E-state index contributed by atoms with van der Waals surface area (Å²) < 4.78 is 0. The van der Waals surface area contributed by atoms with E-state index in [-0.39, 0.29) is 23.7 Å². The third-order valence-electron chi connectivity index (χ3n) is 1.58. The van der Waals surface area contributed by atoms with Gasteiger partial charge in [0.1, 0.15) is 6.61 Å². The van der Waals surface area contributed by atoms with Crippen molar-refractivity contribution < 1.29 is 15.3 Å². The Kier molecular flexibility index (Phi) is 3.10. The van der Waals surface area contributed by atoms with Crippen LogP contribution in [-0.2, 0) is 0 Å². The average Bonchev–Trinajstić information content (AvgIpc) is 2.20. The Morgan fingerprint density at radius 1 is 1.36 bits per heavy atom. The van der Waals surface area contributed by atoms with E-state index >= 15 is 0 Å². The third kappa shape index (κ3) is 2.03. The van der Waals surface area contributed by atoms with Gasteiger partial charge in [-0.1, -0.05) is 11.8 Å². The van der Waals surface area contributed by atoms with Crippen LogP contribution in [0.4, 0.5) is 0 Å². The summed E-state index contributed by atoms with van der Waals surface area (Å²) in [6.07, 6.45) is 1.03. The van der Waals surface area contributed by atoms with Crippen LogP contribution in [0.3, 0.4) is 0 Å². The summed E-state index contributed by atoms with van der Waals surface area (Å²) in [5.74, 6) is 4.15. The van der Waals surface area contributed by atoms with Gasteiger partial charge in [0, 0.05) is 6.21 Å². The Morgan fingerprint density at radius 3 is 2.64 bits per heavy atom. The second kappa shape index (κ2) is 4.30. The van der Waals surface area contributed by atoms with Gasteiger partial charge in [-0.15, -0.1) is 0 Å². The molecule has 0 aliphatic carbocycles. The number of hydrogen-bond donors (Lipinski definition) is 4. The molecule has 1 aromatic carbocycles. The van der Waals surface area contributed by atoms with Crippen LogP contribution in [0.15, 0.2) is 12.1 Å². The minimum absolute atomic E-state index is 0.192. The highest BCUT2D eigenvalue weighted by Crippen LogP contribution is 2.29. The third-order valence-corrected chi connectivity index (χ3v) is 1.58. The van der Waals surface area contributed by atoms with Crippen LogP contribution in [0, 0.1) is 17.3 Å². The fourth-order valence-electron chi connectivity index (χ4n) is 0.954. The van der Waals surface area contributed by atoms with E-state index in [0.29, 0.717) is 5.56 Å². The molecule has 14 heavy (non-hydrogen) atoms. The maximum atomic E-state index is 9.33. The molecule has 0 aliphatic rings. The number of aliphatic hydroxyl groups excluding tert-OH is 1. The first kappa shape index (κ1) is 10.1. The van der Waals surface area contributed by atoms with Gasteiger partial charge in [-0.25, -0.2) is 0 Å². The van der Waals surface area contributed by atoms with Crippen LogP contribution < -0.4 is 0 Å². The van der Waals surface area contributed by atoms with Gasteiger partial charge in [-0.3, -0.25) is 0 Å². The number of benzene rings is 1. The molecule has 0 aromatic heterocycles. The molecule has 0 heterocycles. The lowest BCUT2D eigenvalue weighted by atomic mass is 10.1. The van der Waals surface area contributed by atoms with E-state index in [1.165, 1.54) is 12.1 Å². The van der Waals surface area contributed by atoms with E-state index in [0.717, 1.165) is 6.21 Å². The molecule has 0 amide bonds. The number of aromatic hydroxyl groups is 2. The molecule has 0 saturated carbocycles. The summed E-state index contributed by atoms with van der Waals surface area (Å²) in [4.78, 5) is 0. The summed E-state index contributed by atoms with van der Waals surface area (Å²) in [5, 5.41) is 34.0. The Morgan fingerprint density at radius 2 is 2.07 bits per heavy atom. The van der Waals surface area contributed by atoms with Crippen LogP contribution in [0.2, 0.25) is 0 Å². The largest absolute Gasteiger partial charge is 0.504 e. The predicted octanol–water partition coefficient (Wildman–Crippen LogP) is 0.439. The zero-order valence-corrected chi connectivity index (χ0v) is 7.28. The highest BCUT2D eigenvalue weighted by molar-refractivity contribution is 5.80.